The summed E-state index contributed by atoms with van der Waals surface area (Å²) in [5.41, 5.74) is 9.78. The van der Waals surface area contributed by atoms with Gasteiger partial charge in [-0.1, -0.05) is 19.1 Å². The highest BCUT2D eigenvalue weighted by Crippen LogP contribution is 2.31. The van der Waals surface area contributed by atoms with Crippen LogP contribution in [-0.4, -0.2) is 16.2 Å². The third-order valence-electron chi connectivity index (χ3n) is 3.80. The Morgan fingerprint density at radius 1 is 1.17 bits per heavy atom. The standard InChI is InChI=1S/C19H23N3O/c1-4-10-23-16-8-9-18-17(12-16)21-19(22(18)13(2)3)14-6-5-7-15(20)11-14/h5-9,11-13H,4,10,20H2,1-3H3. The van der Waals surface area contributed by atoms with Crippen LogP contribution >= 0.6 is 0 Å². The molecule has 0 atom stereocenters. The van der Waals surface area contributed by atoms with Crippen molar-refractivity contribution < 1.29 is 4.74 Å². The highest BCUT2D eigenvalue weighted by Gasteiger charge is 2.15. The molecule has 0 radical (unpaired) electrons. The van der Waals surface area contributed by atoms with E-state index in [9.17, 15) is 0 Å². The Morgan fingerprint density at radius 2 is 2.00 bits per heavy atom. The molecule has 4 heteroatoms. The molecule has 0 saturated carbocycles. The summed E-state index contributed by atoms with van der Waals surface area (Å²) >= 11 is 0. The maximum Gasteiger partial charge on any atom is 0.141 e. The fraction of sp³-hybridized carbons (Fsp3) is 0.316. The molecule has 3 aromatic rings. The quantitative estimate of drug-likeness (QED) is 0.698. The molecule has 4 nitrogen and oxygen atoms in total. The SMILES string of the molecule is CCCOc1ccc2c(c1)nc(-c1cccc(N)c1)n2C(C)C. The minimum Gasteiger partial charge on any atom is -0.494 e. The molecule has 2 aromatic carbocycles. The van der Waals surface area contributed by atoms with Gasteiger partial charge in [0.05, 0.1) is 17.6 Å². The number of nitrogen functional groups attached to an aromatic ring is 1. The molecule has 1 heterocycles. The number of imidazole rings is 1. The number of rotatable bonds is 5. The molecular formula is C19H23N3O. The zero-order chi connectivity index (χ0) is 16.4. The molecule has 2 N–H and O–H groups in total. The van der Waals surface area contributed by atoms with Crippen molar-refractivity contribution in [3.8, 4) is 17.1 Å². The van der Waals surface area contributed by atoms with Crippen LogP contribution in [-0.2, 0) is 0 Å². The number of fused-ring (bicyclic) bond motifs is 1. The van der Waals surface area contributed by atoms with Crippen LogP contribution in [0.1, 0.15) is 33.2 Å². The van der Waals surface area contributed by atoms with E-state index in [-0.39, 0.29) is 0 Å². The van der Waals surface area contributed by atoms with Crippen LogP contribution < -0.4 is 10.5 Å². The highest BCUT2D eigenvalue weighted by atomic mass is 16.5. The zero-order valence-electron chi connectivity index (χ0n) is 13.9. The third kappa shape index (κ3) is 3.02. The second-order valence-corrected chi connectivity index (χ2v) is 6.02. The van der Waals surface area contributed by atoms with Gasteiger partial charge in [0.25, 0.3) is 0 Å². The number of hydrogen-bond acceptors (Lipinski definition) is 3. The lowest BCUT2D eigenvalue weighted by atomic mass is 10.2. The molecule has 0 aliphatic heterocycles. The van der Waals surface area contributed by atoms with Crippen molar-refractivity contribution in [1.82, 2.24) is 9.55 Å². The number of aromatic nitrogens is 2. The Balaban J connectivity index is 2.15. The summed E-state index contributed by atoms with van der Waals surface area (Å²) in [7, 11) is 0. The molecule has 0 unspecified atom stereocenters. The Labute approximate surface area is 136 Å². The third-order valence-corrected chi connectivity index (χ3v) is 3.80. The summed E-state index contributed by atoms with van der Waals surface area (Å²) in [4.78, 5) is 4.84. The van der Waals surface area contributed by atoms with Crippen LogP contribution in [0.4, 0.5) is 5.69 Å². The Hall–Kier alpha value is -2.49. The van der Waals surface area contributed by atoms with Crippen molar-refractivity contribution >= 4 is 16.7 Å². The van der Waals surface area contributed by atoms with E-state index in [2.05, 4.69) is 31.4 Å². The summed E-state index contributed by atoms with van der Waals surface area (Å²) in [6.07, 6.45) is 0.993. The van der Waals surface area contributed by atoms with Gasteiger partial charge >= 0.3 is 0 Å². The largest absolute Gasteiger partial charge is 0.494 e. The topological polar surface area (TPSA) is 53.1 Å². The summed E-state index contributed by atoms with van der Waals surface area (Å²) in [6.45, 7) is 7.15. The van der Waals surface area contributed by atoms with Gasteiger partial charge in [-0.15, -0.1) is 0 Å². The first-order valence-electron chi connectivity index (χ1n) is 8.11. The average Bonchev–Trinajstić information content (AvgIpc) is 2.91. The maximum absolute atomic E-state index is 5.94. The molecule has 23 heavy (non-hydrogen) atoms. The van der Waals surface area contributed by atoms with E-state index in [1.807, 2.05) is 36.4 Å². The Kier molecular flexibility index (Phi) is 4.24. The maximum atomic E-state index is 5.94. The number of nitrogens with zero attached hydrogens (tertiary/aromatic N) is 2. The first-order valence-corrected chi connectivity index (χ1v) is 8.11. The van der Waals surface area contributed by atoms with Crippen molar-refractivity contribution in [1.29, 1.82) is 0 Å². The molecule has 0 amide bonds. The van der Waals surface area contributed by atoms with Crippen molar-refractivity contribution in [3.63, 3.8) is 0 Å². The Morgan fingerprint density at radius 3 is 2.70 bits per heavy atom. The summed E-state index contributed by atoms with van der Waals surface area (Å²) in [5.74, 6) is 1.81. The molecule has 0 saturated heterocycles. The molecule has 0 spiro atoms. The second kappa shape index (κ2) is 6.32. The van der Waals surface area contributed by atoms with E-state index < -0.39 is 0 Å². The first-order chi connectivity index (χ1) is 11.1. The first kappa shape index (κ1) is 15.4. The fourth-order valence-corrected chi connectivity index (χ4v) is 2.79. The predicted octanol–water partition coefficient (Wildman–Crippen LogP) is 4.66. The van der Waals surface area contributed by atoms with E-state index in [0.29, 0.717) is 6.04 Å². The molecule has 3 rings (SSSR count). The highest BCUT2D eigenvalue weighted by molar-refractivity contribution is 5.82. The van der Waals surface area contributed by atoms with Crippen LogP contribution in [0.15, 0.2) is 42.5 Å². The van der Waals surface area contributed by atoms with Crippen LogP contribution in [0, 0.1) is 0 Å². The van der Waals surface area contributed by atoms with E-state index in [1.54, 1.807) is 0 Å². The fourth-order valence-electron chi connectivity index (χ4n) is 2.79. The van der Waals surface area contributed by atoms with Gasteiger partial charge in [-0.25, -0.2) is 4.98 Å². The van der Waals surface area contributed by atoms with Gasteiger partial charge in [-0.2, -0.15) is 0 Å². The average molecular weight is 309 g/mol. The summed E-state index contributed by atoms with van der Waals surface area (Å²) in [6, 6.07) is 14.3. The van der Waals surface area contributed by atoms with Crippen LogP contribution in [0.5, 0.6) is 5.75 Å². The van der Waals surface area contributed by atoms with E-state index in [1.165, 1.54) is 0 Å². The lowest BCUT2D eigenvalue weighted by Crippen LogP contribution is -2.03. The van der Waals surface area contributed by atoms with Gasteiger partial charge in [0.2, 0.25) is 0 Å². The monoisotopic (exact) mass is 309 g/mol. The minimum absolute atomic E-state index is 0.304. The van der Waals surface area contributed by atoms with Crippen molar-refractivity contribution in [3.05, 3.63) is 42.5 Å². The second-order valence-electron chi connectivity index (χ2n) is 6.02. The molecule has 0 bridgehead atoms. The minimum atomic E-state index is 0.304. The van der Waals surface area contributed by atoms with Crippen molar-refractivity contribution in [2.45, 2.75) is 33.2 Å². The number of hydrogen-bond donors (Lipinski definition) is 1. The van der Waals surface area contributed by atoms with Crippen LogP contribution in [0.2, 0.25) is 0 Å². The number of anilines is 1. The van der Waals surface area contributed by atoms with Gasteiger partial charge in [0.15, 0.2) is 0 Å². The molecule has 0 aliphatic rings. The summed E-state index contributed by atoms with van der Waals surface area (Å²) < 4.78 is 7.97. The van der Waals surface area contributed by atoms with E-state index in [0.717, 1.165) is 46.9 Å². The number of ether oxygens (including phenoxy) is 1. The van der Waals surface area contributed by atoms with Gasteiger partial charge < -0.3 is 15.0 Å². The number of nitrogens with two attached hydrogens (primary N) is 1. The van der Waals surface area contributed by atoms with Crippen molar-refractivity contribution in [2.24, 2.45) is 0 Å². The molecule has 120 valence electrons. The predicted molar refractivity (Wildman–Crippen MR) is 95.8 cm³/mol. The van der Waals surface area contributed by atoms with E-state index in [4.69, 9.17) is 15.5 Å². The lowest BCUT2D eigenvalue weighted by Gasteiger charge is -2.13. The van der Waals surface area contributed by atoms with Gasteiger partial charge in [0.1, 0.15) is 11.6 Å². The zero-order valence-corrected chi connectivity index (χ0v) is 13.9. The lowest BCUT2D eigenvalue weighted by molar-refractivity contribution is 0.318. The van der Waals surface area contributed by atoms with Crippen LogP contribution in [0.25, 0.3) is 22.4 Å². The smallest absolute Gasteiger partial charge is 0.141 e. The summed E-state index contributed by atoms with van der Waals surface area (Å²) in [5, 5.41) is 0. The molecule has 0 fully saturated rings. The normalized spacial score (nSPS) is 11.3. The Bertz CT molecular complexity index is 821. The van der Waals surface area contributed by atoms with Gasteiger partial charge in [-0.3, -0.25) is 0 Å². The van der Waals surface area contributed by atoms with Gasteiger partial charge in [0, 0.05) is 23.4 Å². The van der Waals surface area contributed by atoms with E-state index >= 15 is 0 Å². The van der Waals surface area contributed by atoms with Crippen LogP contribution in [0.3, 0.4) is 0 Å². The molecule has 0 aliphatic carbocycles. The molecular weight excluding hydrogens is 286 g/mol. The number of benzene rings is 2. The molecule has 1 aromatic heterocycles. The van der Waals surface area contributed by atoms with Gasteiger partial charge in [-0.05, 0) is 44.5 Å². The van der Waals surface area contributed by atoms with Crippen molar-refractivity contribution in [2.75, 3.05) is 12.3 Å².